The Kier molecular flexibility index (Phi) is 4.08. The summed E-state index contributed by atoms with van der Waals surface area (Å²) in [6, 6.07) is 3.92. The molecule has 0 unspecified atom stereocenters. The predicted molar refractivity (Wildman–Crippen MR) is 74.2 cm³/mol. The SMILES string of the molecule is CN(CC1CC1)C(=O)c1cc(Cl)cc(S(=O)(=O)Cl)c1. The maximum atomic E-state index is 12.2. The zero-order chi connectivity index (χ0) is 14.2. The van der Waals surface area contributed by atoms with Crippen LogP contribution < -0.4 is 0 Å². The molecule has 0 aliphatic heterocycles. The van der Waals surface area contributed by atoms with Gasteiger partial charge in [-0.05, 0) is 37.0 Å². The molecule has 1 aliphatic rings. The zero-order valence-electron chi connectivity index (χ0n) is 10.3. The molecule has 0 bridgehead atoms. The van der Waals surface area contributed by atoms with Gasteiger partial charge in [-0.25, -0.2) is 8.42 Å². The molecule has 1 aliphatic carbocycles. The van der Waals surface area contributed by atoms with Gasteiger partial charge in [-0.1, -0.05) is 11.6 Å². The highest BCUT2D eigenvalue weighted by atomic mass is 35.7. The first kappa shape index (κ1) is 14.6. The summed E-state index contributed by atoms with van der Waals surface area (Å²) in [6.07, 6.45) is 2.27. The molecule has 0 N–H and O–H groups in total. The van der Waals surface area contributed by atoms with Crippen molar-refractivity contribution in [2.75, 3.05) is 13.6 Å². The number of hydrogen-bond acceptors (Lipinski definition) is 3. The number of amides is 1. The van der Waals surface area contributed by atoms with Crippen molar-refractivity contribution >= 4 is 37.2 Å². The van der Waals surface area contributed by atoms with Crippen LogP contribution in [0.4, 0.5) is 0 Å². The summed E-state index contributed by atoms with van der Waals surface area (Å²) in [6.45, 7) is 0.675. The number of halogens is 2. The molecule has 2 rings (SSSR count). The quantitative estimate of drug-likeness (QED) is 0.801. The summed E-state index contributed by atoms with van der Waals surface area (Å²) in [5.41, 5.74) is 0.231. The first-order chi connectivity index (χ1) is 8.77. The Balaban J connectivity index is 2.28. The van der Waals surface area contributed by atoms with Crippen molar-refractivity contribution in [2.45, 2.75) is 17.7 Å². The highest BCUT2D eigenvalue weighted by Gasteiger charge is 2.26. The minimum Gasteiger partial charge on any atom is -0.341 e. The van der Waals surface area contributed by atoms with Crippen molar-refractivity contribution in [3.8, 4) is 0 Å². The third-order valence-electron chi connectivity index (χ3n) is 2.98. The highest BCUT2D eigenvalue weighted by Crippen LogP contribution is 2.30. The molecule has 4 nitrogen and oxygen atoms in total. The first-order valence-electron chi connectivity index (χ1n) is 5.78. The Morgan fingerprint density at radius 2 is 2.00 bits per heavy atom. The van der Waals surface area contributed by atoms with E-state index in [1.54, 1.807) is 11.9 Å². The van der Waals surface area contributed by atoms with Crippen LogP contribution in [0.5, 0.6) is 0 Å². The average Bonchev–Trinajstić information content (AvgIpc) is 3.09. The monoisotopic (exact) mass is 321 g/mol. The van der Waals surface area contributed by atoms with Gasteiger partial charge in [0.1, 0.15) is 0 Å². The van der Waals surface area contributed by atoms with Crippen LogP contribution in [-0.4, -0.2) is 32.8 Å². The Morgan fingerprint density at radius 3 is 2.53 bits per heavy atom. The second kappa shape index (κ2) is 5.31. The number of carbonyl (C=O) groups excluding carboxylic acids is 1. The topological polar surface area (TPSA) is 54.5 Å². The van der Waals surface area contributed by atoms with Gasteiger partial charge in [-0.3, -0.25) is 4.79 Å². The van der Waals surface area contributed by atoms with Gasteiger partial charge < -0.3 is 4.90 Å². The minimum atomic E-state index is -3.90. The molecule has 104 valence electrons. The lowest BCUT2D eigenvalue weighted by atomic mass is 10.2. The number of hydrogen-bond donors (Lipinski definition) is 0. The van der Waals surface area contributed by atoms with Crippen molar-refractivity contribution in [3.63, 3.8) is 0 Å². The van der Waals surface area contributed by atoms with E-state index >= 15 is 0 Å². The van der Waals surface area contributed by atoms with E-state index < -0.39 is 9.05 Å². The summed E-state index contributed by atoms with van der Waals surface area (Å²) >= 11 is 5.83. The fourth-order valence-electron chi connectivity index (χ4n) is 1.82. The lowest BCUT2D eigenvalue weighted by Gasteiger charge is -2.17. The molecule has 0 atom stereocenters. The van der Waals surface area contributed by atoms with Gasteiger partial charge in [0, 0.05) is 34.9 Å². The van der Waals surface area contributed by atoms with Crippen LogP contribution in [-0.2, 0) is 9.05 Å². The van der Waals surface area contributed by atoms with Crippen LogP contribution in [0.15, 0.2) is 23.1 Å². The third kappa shape index (κ3) is 3.84. The van der Waals surface area contributed by atoms with Crippen molar-refractivity contribution in [3.05, 3.63) is 28.8 Å². The number of nitrogens with zero attached hydrogens (tertiary/aromatic N) is 1. The summed E-state index contributed by atoms with van der Waals surface area (Å²) in [7, 11) is 3.06. The molecule has 1 aromatic rings. The smallest absolute Gasteiger partial charge is 0.261 e. The Bertz CT molecular complexity index is 611. The number of carbonyl (C=O) groups is 1. The Labute approximate surface area is 121 Å². The fourth-order valence-corrected chi connectivity index (χ4v) is 2.92. The number of benzene rings is 1. The van der Waals surface area contributed by atoms with Crippen LogP contribution in [0, 0.1) is 5.92 Å². The second-order valence-electron chi connectivity index (χ2n) is 4.74. The minimum absolute atomic E-state index is 0.162. The van der Waals surface area contributed by atoms with E-state index in [4.69, 9.17) is 22.3 Å². The highest BCUT2D eigenvalue weighted by molar-refractivity contribution is 8.13. The van der Waals surface area contributed by atoms with Crippen LogP contribution in [0.25, 0.3) is 0 Å². The van der Waals surface area contributed by atoms with E-state index in [9.17, 15) is 13.2 Å². The maximum Gasteiger partial charge on any atom is 0.261 e. The van der Waals surface area contributed by atoms with E-state index in [-0.39, 0.29) is 21.4 Å². The van der Waals surface area contributed by atoms with Crippen LogP contribution >= 0.6 is 22.3 Å². The lowest BCUT2D eigenvalue weighted by molar-refractivity contribution is 0.0788. The Hall–Kier alpha value is -0.780. The average molecular weight is 322 g/mol. The molecule has 0 saturated heterocycles. The van der Waals surface area contributed by atoms with Gasteiger partial charge in [0.2, 0.25) is 0 Å². The normalized spacial score (nSPS) is 15.3. The zero-order valence-corrected chi connectivity index (χ0v) is 12.6. The van der Waals surface area contributed by atoms with Gasteiger partial charge >= 0.3 is 0 Å². The molecule has 1 amide bonds. The lowest BCUT2D eigenvalue weighted by Crippen LogP contribution is -2.28. The molecule has 0 aromatic heterocycles. The third-order valence-corrected chi connectivity index (χ3v) is 4.53. The van der Waals surface area contributed by atoms with Crippen molar-refractivity contribution in [1.29, 1.82) is 0 Å². The summed E-state index contributed by atoms with van der Waals surface area (Å²) < 4.78 is 22.6. The van der Waals surface area contributed by atoms with Gasteiger partial charge in [0.05, 0.1) is 4.90 Å². The largest absolute Gasteiger partial charge is 0.341 e. The molecule has 19 heavy (non-hydrogen) atoms. The molecule has 7 heteroatoms. The van der Waals surface area contributed by atoms with Crippen LogP contribution in [0.3, 0.4) is 0 Å². The van der Waals surface area contributed by atoms with Crippen molar-refractivity contribution in [1.82, 2.24) is 4.90 Å². The van der Waals surface area contributed by atoms with Crippen LogP contribution in [0.1, 0.15) is 23.2 Å². The second-order valence-corrected chi connectivity index (χ2v) is 7.74. The van der Waals surface area contributed by atoms with E-state index in [0.29, 0.717) is 12.5 Å². The van der Waals surface area contributed by atoms with Gasteiger partial charge in [-0.15, -0.1) is 0 Å². The van der Waals surface area contributed by atoms with Crippen molar-refractivity contribution in [2.24, 2.45) is 5.92 Å². The number of rotatable bonds is 4. The van der Waals surface area contributed by atoms with E-state index in [1.165, 1.54) is 18.2 Å². The van der Waals surface area contributed by atoms with Crippen molar-refractivity contribution < 1.29 is 13.2 Å². The first-order valence-corrected chi connectivity index (χ1v) is 8.47. The molecular formula is C12H13Cl2NO3S. The maximum absolute atomic E-state index is 12.2. The van der Waals surface area contributed by atoms with Gasteiger partial charge in [0.15, 0.2) is 0 Å². The predicted octanol–water partition coefficient (Wildman–Crippen LogP) is 2.75. The molecule has 1 fully saturated rings. The molecule has 0 radical (unpaired) electrons. The van der Waals surface area contributed by atoms with E-state index in [2.05, 4.69) is 0 Å². The van der Waals surface area contributed by atoms with Crippen LogP contribution in [0.2, 0.25) is 5.02 Å². The van der Waals surface area contributed by atoms with Gasteiger partial charge in [0.25, 0.3) is 15.0 Å². The summed E-state index contributed by atoms with van der Waals surface area (Å²) in [5.74, 6) is 0.306. The molecule has 1 saturated carbocycles. The standard InChI is InChI=1S/C12H13Cl2NO3S/c1-15(7-8-2-3-8)12(16)9-4-10(13)6-11(5-9)19(14,17)18/h4-6,8H,2-3,7H2,1H3. The van der Waals surface area contributed by atoms with E-state index in [0.717, 1.165) is 12.8 Å². The molecule has 1 aromatic carbocycles. The fraction of sp³-hybridized carbons (Fsp3) is 0.417. The summed E-state index contributed by atoms with van der Waals surface area (Å²) in [4.78, 5) is 13.6. The van der Waals surface area contributed by atoms with Gasteiger partial charge in [-0.2, -0.15) is 0 Å². The van der Waals surface area contributed by atoms with E-state index in [1.807, 2.05) is 0 Å². The molecular weight excluding hydrogens is 309 g/mol. The Morgan fingerprint density at radius 1 is 1.37 bits per heavy atom. The molecule has 0 spiro atoms. The molecule has 0 heterocycles. The summed E-state index contributed by atoms with van der Waals surface area (Å²) in [5, 5.41) is 0.171.